The van der Waals surface area contributed by atoms with E-state index in [0.717, 1.165) is 0 Å². The first-order chi connectivity index (χ1) is 8.97. The first-order valence-corrected chi connectivity index (χ1v) is 6.76. The summed E-state index contributed by atoms with van der Waals surface area (Å²) in [5.41, 5.74) is 0.476. The average molecular weight is 301 g/mol. The molecule has 1 N–H and O–H groups in total. The highest BCUT2D eigenvalue weighted by molar-refractivity contribution is 6.35. The molecule has 1 aromatic rings. The maximum absolute atomic E-state index is 12.1. The zero-order valence-corrected chi connectivity index (χ0v) is 12.0. The van der Waals surface area contributed by atoms with Gasteiger partial charge < -0.3 is 10.2 Å². The minimum absolute atomic E-state index is 0.116. The Hall–Kier alpha value is -1.26. The molecule has 1 fully saturated rings. The van der Waals surface area contributed by atoms with Gasteiger partial charge in [-0.05, 0) is 18.2 Å². The molecule has 1 heterocycles. The van der Waals surface area contributed by atoms with Crippen molar-refractivity contribution in [2.45, 2.75) is 13.3 Å². The third-order valence-corrected chi connectivity index (χ3v) is 3.69. The largest absolute Gasteiger partial charge is 0.323 e. The number of halogens is 2. The summed E-state index contributed by atoms with van der Waals surface area (Å²) in [5.74, 6) is 0.0826. The lowest BCUT2D eigenvalue weighted by atomic mass is 9.99. The van der Waals surface area contributed by atoms with Gasteiger partial charge in [0.2, 0.25) is 0 Å². The van der Waals surface area contributed by atoms with Gasteiger partial charge in [0.25, 0.3) is 0 Å². The summed E-state index contributed by atoms with van der Waals surface area (Å²) >= 11 is 11.8. The average Bonchev–Trinajstić information content (AvgIpc) is 2.37. The predicted molar refractivity (Wildman–Crippen MR) is 75.8 cm³/mol. The monoisotopic (exact) mass is 300 g/mol. The number of ketones is 1. The van der Waals surface area contributed by atoms with Crippen molar-refractivity contribution in [3.63, 3.8) is 0 Å². The van der Waals surface area contributed by atoms with E-state index in [9.17, 15) is 9.59 Å². The molecule has 0 spiro atoms. The molecule has 2 rings (SSSR count). The Labute approximate surface area is 121 Å². The molecule has 19 heavy (non-hydrogen) atoms. The Bertz CT molecular complexity index is 519. The van der Waals surface area contributed by atoms with Crippen LogP contribution in [0, 0.1) is 5.92 Å². The third-order valence-electron chi connectivity index (χ3n) is 3.13. The highest BCUT2D eigenvalue weighted by atomic mass is 35.5. The standard InChI is InChI=1S/C13H14Cl2N2O2/c1-8-7-17(5-4-12(8)18)13(19)16-11-6-9(14)2-3-10(11)15/h2-3,6,8H,4-5,7H2,1H3,(H,16,19). The lowest BCUT2D eigenvalue weighted by molar-refractivity contribution is -0.124. The lowest BCUT2D eigenvalue weighted by Crippen LogP contribution is -2.45. The summed E-state index contributed by atoms with van der Waals surface area (Å²) in [7, 11) is 0. The second-order valence-electron chi connectivity index (χ2n) is 4.62. The van der Waals surface area contributed by atoms with E-state index in [-0.39, 0.29) is 17.7 Å². The van der Waals surface area contributed by atoms with Crippen molar-refractivity contribution in [2.24, 2.45) is 5.92 Å². The molecular weight excluding hydrogens is 287 g/mol. The Morgan fingerprint density at radius 3 is 2.84 bits per heavy atom. The smallest absolute Gasteiger partial charge is 0.321 e. The molecule has 0 aromatic heterocycles. The number of piperidine rings is 1. The Kier molecular flexibility index (Phi) is 4.32. The summed E-state index contributed by atoms with van der Waals surface area (Å²) in [6.45, 7) is 2.70. The Morgan fingerprint density at radius 2 is 2.16 bits per heavy atom. The molecule has 102 valence electrons. The third kappa shape index (κ3) is 3.39. The van der Waals surface area contributed by atoms with Crippen LogP contribution in [0.2, 0.25) is 10.0 Å². The second-order valence-corrected chi connectivity index (χ2v) is 5.46. The molecule has 0 saturated carbocycles. The minimum Gasteiger partial charge on any atom is -0.323 e. The van der Waals surface area contributed by atoms with Crippen LogP contribution in [0.3, 0.4) is 0 Å². The van der Waals surface area contributed by atoms with E-state index < -0.39 is 0 Å². The highest BCUT2D eigenvalue weighted by Crippen LogP contribution is 2.26. The van der Waals surface area contributed by atoms with Crippen LogP contribution in [0.15, 0.2) is 18.2 Å². The molecule has 6 heteroatoms. The first kappa shape index (κ1) is 14.2. The number of nitrogens with one attached hydrogen (secondary N) is 1. The number of carbonyl (C=O) groups is 2. The van der Waals surface area contributed by atoms with Gasteiger partial charge in [-0.25, -0.2) is 4.79 Å². The predicted octanol–water partition coefficient (Wildman–Crippen LogP) is 3.44. The van der Waals surface area contributed by atoms with Gasteiger partial charge in [0.1, 0.15) is 5.78 Å². The molecule has 0 aliphatic carbocycles. The zero-order valence-electron chi connectivity index (χ0n) is 10.5. The Balaban J connectivity index is 2.05. The van der Waals surface area contributed by atoms with Crippen LogP contribution in [0.25, 0.3) is 0 Å². The van der Waals surface area contributed by atoms with Gasteiger partial charge in [0.05, 0.1) is 10.7 Å². The minimum atomic E-state index is -0.261. The fourth-order valence-corrected chi connectivity index (χ4v) is 2.32. The zero-order chi connectivity index (χ0) is 14.0. The summed E-state index contributed by atoms with van der Waals surface area (Å²) in [5, 5.41) is 3.65. The fraction of sp³-hybridized carbons (Fsp3) is 0.385. The molecule has 1 aliphatic rings. The van der Waals surface area contributed by atoms with Crippen molar-refractivity contribution in [2.75, 3.05) is 18.4 Å². The van der Waals surface area contributed by atoms with Crippen molar-refractivity contribution in [3.05, 3.63) is 28.2 Å². The van der Waals surface area contributed by atoms with E-state index >= 15 is 0 Å². The number of likely N-dealkylation sites (tertiary alicyclic amines) is 1. The molecule has 1 unspecified atom stereocenters. The lowest BCUT2D eigenvalue weighted by Gasteiger charge is -2.30. The number of rotatable bonds is 1. The molecule has 1 aromatic carbocycles. The summed E-state index contributed by atoms with van der Waals surface area (Å²) in [6.07, 6.45) is 0.401. The number of anilines is 1. The van der Waals surface area contributed by atoms with Crippen molar-refractivity contribution >= 4 is 40.7 Å². The van der Waals surface area contributed by atoms with Gasteiger partial charge in [-0.2, -0.15) is 0 Å². The summed E-state index contributed by atoms with van der Waals surface area (Å²) < 4.78 is 0. The quantitative estimate of drug-likeness (QED) is 0.864. The van der Waals surface area contributed by atoms with E-state index in [2.05, 4.69) is 5.32 Å². The first-order valence-electron chi connectivity index (χ1n) is 6.01. The van der Waals surface area contributed by atoms with Crippen molar-refractivity contribution in [3.8, 4) is 0 Å². The summed E-state index contributed by atoms with van der Waals surface area (Å²) in [6, 6.07) is 4.62. The van der Waals surface area contributed by atoms with Gasteiger partial charge in [-0.3, -0.25) is 4.79 Å². The van der Waals surface area contributed by atoms with Gasteiger partial charge in [-0.15, -0.1) is 0 Å². The molecule has 1 saturated heterocycles. The topological polar surface area (TPSA) is 49.4 Å². The van der Waals surface area contributed by atoms with Gasteiger partial charge >= 0.3 is 6.03 Å². The molecule has 2 amide bonds. The van der Waals surface area contributed by atoms with E-state index in [1.54, 1.807) is 23.1 Å². The number of Topliss-reactive ketones (excluding diaryl/α,β-unsaturated/α-hetero) is 1. The maximum atomic E-state index is 12.1. The second kappa shape index (κ2) is 5.80. The van der Waals surface area contributed by atoms with Crippen LogP contribution in [0.4, 0.5) is 10.5 Å². The van der Waals surface area contributed by atoms with Crippen LogP contribution >= 0.6 is 23.2 Å². The maximum Gasteiger partial charge on any atom is 0.321 e. The number of carbonyl (C=O) groups excluding carboxylic acids is 2. The van der Waals surface area contributed by atoms with Crippen LogP contribution in [0.1, 0.15) is 13.3 Å². The molecule has 1 atom stereocenters. The highest BCUT2D eigenvalue weighted by Gasteiger charge is 2.26. The van der Waals surface area contributed by atoms with Crippen LogP contribution in [0.5, 0.6) is 0 Å². The van der Waals surface area contributed by atoms with Gasteiger partial charge in [-0.1, -0.05) is 30.1 Å². The van der Waals surface area contributed by atoms with Crippen LogP contribution in [-0.4, -0.2) is 29.8 Å². The van der Waals surface area contributed by atoms with Gasteiger partial charge in [0, 0.05) is 30.5 Å². The molecule has 4 nitrogen and oxygen atoms in total. The fourth-order valence-electron chi connectivity index (χ4n) is 1.99. The van der Waals surface area contributed by atoms with E-state index in [4.69, 9.17) is 23.2 Å². The van der Waals surface area contributed by atoms with Crippen molar-refractivity contribution in [1.82, 2.24) is 4.90 Å². The number of nitrogens with zero attached hydrogens (tertiary/aromatic N) is 1. The molecule has 0 radical (unpaired) electrons. The normalized spacial score (nSPS) is 19.4. The van der Waals surface area contributed by atoms with Gasteiger partial charge in [0.15, 0.2) is 0 Å². The van der Waals surface area contributed by atoms with E-state index in [1.165, 1.54) is 0 Å². The Morgan fingerprint density at radius 1 is 1.42 bits per heavy atom. The van der Waals surface area contributed by atoms with Crippen molar-refractivity contribution < 1.29 is 9.59 Å². The van der Waals surface area contributed by atoms with Crippen molar-refractivity contribution in [1.29, 1.82) is 0 Å². The number of urea groups is 1. The van der Waals surface area contributed by atoms with Crippen LogP contribution in [-0.2, 0) is 4.79 Å². The molecular formula is C13H14Cl2N2O2. The van der Waals surface area contributed by atoms with E-state index in [1.807, 2.05) is 6.92 Å². The SMILES string of the molecule is CC1CN(C(=O)Nc2cc(Cl)ccc2Cl)CCC1=O. The van der Waals surface area contributed by atoms with E-state index in [0.29, 0.717) is 35.2 Å². The number of amides is 2. The van der Waals surface area contributed by atoms with Crippen LogP contribution < -0.4 is 5.32 Å². The number of hydrogen-bond donors (Lipinski definition) is 1. The molecule has 0 bridgehead atoms. The number of benzene rings is 1. The summed E-state index contributed by atoms with van der Waals surface area (Å²) in [4.78, 5) is 25.1. The number of hydrogen-bond acceptors (Lipinski definition) is 2. The molecule has 1 aliphatic heterocycles.